The second-order valence-corrected chi connectivity index (χ2v) is 6.20. The molecule has 3 rings (SSSR count). The Balaban J connectivity index is 1.69. The highest BCUT2D eigenvalue weighted by atomic mass is 19.1. The second-order valence-electron chi connectivity index (χ2n) is 6.20. The molecule has 0 heterocycles. The first-order valence-corrected chi connectivity index (χ1v) is 7.44. The molecule has 0 spiro atoms. The lowest BCUT2D eigenvalue weighted by Crippen LogP contribution is -2.28. The molecule has 0 amide bonds. The lowest BCUT2D eigenvalue weighted by Gasteiger charge is -2.23. The highest BCUT2D eigenvalue weighted by Crippen LogP contribution is 2.34. The van der Waals surface area contributed by atoms with Gasteiger partial charge in [-0.3, -0.25) is 4.90 Å². The molecule has 104 valence electrons. The monoisotopic (exact) mass is 262 g/mol. The minimum atomic E-state index is -0.148. The number of benzene rings is 1. The molecule has 1 aromatic carbocycles. The molecule has 3 heteroatoms. The van der Waals surface area contributed by atoms with Crippen molar-refractivity contribution in [2.75, 3.05) is 13.1 Å². The van der Waals surface area contributed by atoms with Crippen LogP contribution < -0.4 is 5.73 Å². The minimum absolute atomic E-state index is 0.148. The van der Waals surface area contributed by atoms with E-state index in [9.17, 15) is 4.39 Å². The van der Waals surface area contributed by atoms with Gasteiger partial charge in [-0.25, -0.2) is 4.39 Å². The maximum absolute atomic E-state index is 13.4. The standard InChI is InChI=1S/C16H23FN2/c17-16-6-5-14(8-18)15(7-16)11-19(9-12-1-2-12)10-13-3-4-13/h5-7,12-13H,1-4,8-11,18H2. The van der Waals surface area contributed by atoms with Gasteiger partial charge in [-0.05, 0) is 60.8 Å². The van der Waals surface area contributed by atoms with Crippen molar-refractivity contribution in [2.45, 2.75) is 38.8 Å². The van der Waals surface area contributed by atoms with Crippen molar-refractivity contribution in [1.29, 1.82) is 0 Å². The van der Waals surface area contributed by atoms with Gasteiger partial charge in [0.15, 0.2) is 0 Å². The molecule has 0 aliphatic heterocycles. The van der Waals surface area contributed by atoms with E-state index in [2.05, 4.69) is 4.90 Å². The third kappa shape index (κ3) is 3.77. The van der Waals surface area contributed by atoms with Crippen LogP contribution in [0.15, 0.2) is 18.2 Å². The topological polar surface area (TPSA) is 29.3 Å². The summed E-state index contributed by atoms with van der Waals surface area (Å²) >= 11 is 0. The Bertz CT molecular complexity index is 424. The molecule has 19 heavy (non-hydrogen) atoms. The molecule has 0 unspecified atom stereocenters. The van der Waals surface area contributed by atoms with Gasteiger partial charge in [0, 0.05) is 26.2 Å². The van der Waals surface area contributed by atoms with Crippen LogP contribution in [0.2, 0.25) is 0 Å². The molecule has 2 aliphatic rings. The number of nitrogens with two attached hydrogens (primary N) is 1. The molecule has 2 aliphatic carbocycles. The number of hydrogen-bond donors (Lipinski definition) is 1. The summed E-state index contributed by atoms with van der Waals surface area (Å²) < 4.78 is 13.4. The van der Waals surface area contributed by atoms with E-state index >= 15 is 0 Å². The van der Waals surface area contributed by atoms with E-state index < -0.39 is 0 Å². The van der Waals surface area contributed by atoms with Gasteiger partial charge in [-0.2, -0.15) is 0 Å². The van der Waals surface area contributed by atoms with Crippen molar-refractivity contribution in [3.05, 3.63) is 35.1 Å². The largest absolute Gasteiger partial charge is 0.326 e. The average Bonchev–Trinajstić information content (AvgIpc) is 3.25. The van der Waals surface area contributed by atoms with Gasteiger partial charge in [0.05, 0.1) is 0 Å². The number of hydrogen-bond acceptors (Lipinski definition) is 2. The predicted octanol–water partition coefficient (Wildman–Crippen LogP) is 2.91. The normalized spacial score (nSPS) is 19.1. The van der Waals surface area contributed by atoms with E-state index in [1.807, 2.05) is 6.07 Å². The van der Waals surface area contributed by atoms with Crippen molar-refractivity contribution in [1.82, 2.24) is 4.90 Å². The molecule has 1 aromatic rings. The van der Waals surface area contributed by atoms with Gasteiger partial charge < -0.3 is 5.73 Å². The van der Waals surface area contributed by atoms with Crippen LogP contribution in [0.1, 0.15) is 36.8 Å². The second kappa shape index (κ2) is 5.59. The van der Waals surface area contributed by atoms with Gasteiger partial charge in [0.2, 0.25) is 0 Å². The fourth-order valence-corrected chi connectivity index (χ4v) is 2.72. The van der Waals surface area contributed by atoms with E-state index in [-0.39, 0.29) is 5.82 Å². The molecule has 0 aromatic heterocycles. The molecular formula is C16H23FN2. The minimum Gasteiger partial charge on any atom is -0.326 e. The number of halogens is 1. The molecule has 0 atom stereocenters. The maximum Gasteiger partial charge on any atom is 0.123 e. The van der Waals surface area contributed by atoms with Crippen LogP contribution in [0.3, 0.4) is 0 Å². The third-order valence-electron chi connectivity index (χ3n) is 4.21. The van der Waals surface area contributed by atoms with E-state index in [0.717, 1.165) is 29.5 Å². The highest BCUT2D eigenvalue weighted by Gasteiger charge is 2.29. The molecular weight excluding hydrogens is 239 g/mol. The lowest BCUT2D eigenvalue weighted by molar-refractivity contribution is 0.243. The van der Waals surface area contributed by atoms with Crippen molar-refractivity contribution in [2.24, 2.45) is 17.6 Å². The first-order chi connectivity index (χ1) is 9.24. The van der Waals surface area contributed by atoms with Crippen LogP contribution in [0.5, 0.6) is 0 Å². The fourth-order valence-electron chi connectivity index (χ4n) is 2.72. The third-order valence-corrected chi connectivity index (χ3v) is 4.21. The van der Waals surface area contributed by atoms with Gasteiger partial charge >= 0.3 is 0 Å². The highest BCUT2D eigenvalue weighted by molar-refractivity contribution is 5.27. The summed E-state index contributed by atoms with van der Waals surface area (Å²) in [5.74, 6) is 1.62. The van der Waals surface area contributed by atoms with Crippen molar-refractivity contribution in [3.63, 3.8) is 0 Å². The summed E-state index contributed by atoms with van der Waals surface area (Å²) in [4.78, 5) is 2.52. The molecule has 2 saturated carbocycles. The van der Waals surface area contributed by atoms with E-state index in [1.165, 1.54) is 44.8 Å². The summed E-state index contributed by atoms with van der Waals surface area (Å²) in [6, 6.07) is 5.00. The van der Waals surface area contributed by atoms with Gasteiger partial charge in [0.25, 0.3) is 0 Å². The Morgan fingerprint density at radius 2 is 1.68 bits per heavy atom. The van der Waals surface area contributed by atoms with Gasteiger partial charge in [0.1, 0.15) is 5.82 Å². The molecule has 2 nitrogen and oxygen atoms in total. The van der Waals surface area contributed by atoms with Gasteiger partial charge in [-0.15, -0.1) is 0 Å². The Morgan fingerprint density at radius 1 is 1.05 bits per heavy atom. The molecule has 0 bridgehead atoms. The quantitative estimate of drug-likeness (QED) is 0.818. The van der Waals surface area contributed by atoms with Crippen LogP contribution in [-0.2, 0) is 13.1 Å². The molecule has 2 fully saturated rings. The Kier molecular flexibility index (Phi) is 3.85. The van der Waals surface area contributed by atoms with Crippen molar-refractivity contribution in [3.8, 4) is 0 Å². The first-order valence-electron chi connectivity index (χ1n) is 7.44. The van der Waals surface area contributed by atoms with Crippen LogP contribution in [0.25, 0.3) is 0 Å². The summed E-state index contributed by atoms with van der Waals surface area (Å²) in [6.07, 6.45) is 5.48. The number of rotatable bonds is 7. The Hall–Kier alpha value is -0.930. The van der Waals surface area contributed by atoms with E-state index in [1.54, 1.807) is 6.07 Å². The summed E-state index contributed by atoms with van der Waals surface area (Å²) in [6.45, 7) is 3.71. The number of nitrogens with zero attached hydrogens (tertiary/aromatic N) is 1. The Morgan fingerprint density at radius 3 is 2.21 bits per heavy atom. The lowest BCUT2D eigenvalue weighted by atomic mass is 10.1. The molecule has 0 radical (unpaired) electrons. The van der Waals surface area contributed by atoms with Crippen molar-refractivity contribution >= 4 is 0 Å². The van der Waals surface area contributed by atoms with Crippen LogP contribution in [-0.4, -0.2) is 18.0 Å². The summed E-state index contributed by atoms with van der Waals surface area (Å²) in [7, 11) is 0. The van der Waals surface area contributed by atoms with E-state index in [4.69, 9.17) is 5.73 Å². The predicted molar refractivity (Wildman–Crippen MR) is 75.0 cm³/mol. The molecule has 2 N–H and O–H groups in total. The fraction of sp³-hybridized carbons (Fsp3) is 0.625. The average molecular weight is 262 g/mol. The zero-order valence-electron chi connectivity index (χ0n) is 11.4. The zero-order chi connectivity index (χ0) is 13.2. The maximum atomic E-state index is 13.4. The Labute approximate surface area is 114 Å². The zero-order valence-corrected chi connectivity index (χ0v) is 11.4. The van der Waals surface area contributed by atoms with Gasteiger partial charge in [-0.1, -0.05) is 6.07 Å². The van der Waals surface area contributed by atoms with Crippen LogP contribution >= 0.6 is 0 Å². The van der Waals surface area contributed by atoms with Crippen LogP contribution in [0, 0.1) is 17.7 Å². The van der Waals surface area contributed by atoms with E-state index in [0.29, 0.717) is 6.54 Å². The summed E-state index contributed by atoms with van der Waals surface area (Å²) in [5.41, 5.74) is 7.92. The first kappa shape index (κ1) is 13.1. The van der Waals surface area contributed by atoms with Crippen LogP contribution in [0.4, 0.5) is 4.39 Å². The smallest absolute Gasteiger partial charge is 0.123 e. The summed E-state index contributed by atoms with van der Waals surface area (Å²) in [5, 5.41) is 0. The molecule has 0 saturated heterocycles. The SMILES string of the molecule is NCc1ccc(F)cc1CN(CC1CC1)CC1CC1. The van der Waals surface area contributed by atoms with Crippen molar-refractivity contribution < 1.29 is 4.39 Å².